The minimum absolute atomic E-state index is 0.0812. The van der Waals surface area contributed by atoms with Crippen molar-refractivity contribution in [3.8, 4) is 0 Å². The van der Waals surface area contributed by atoms with E-state index in [1.165, 1.54) is 0 Å². The molecule has 0 saturated heterocycles. The molecule has 0 N–H and O–H groups in total. The van der Waals surface area contributed by atoms with E-state index in [1.807, 2.05) is 48.5 Å². The van der Waals surface area contributed by atoms with Crippen LogP contribution in [-0.2, 0) is 5.41 Å². The van der Waals surface area contributed by atoms with Gasteiger partial charge in [0, 0.05) is 12.0 Å². The number of hydrogen-bond acceptors (Lipinski definition) is 1. The fraction of sp³-hybridized carbons (Fsp3) is 0.0952. The summed E-state index contributed by atoms with van der Waals surface area (Å²) in [5, 5.41) is 1.83. The summed E-state index contributed by atoms with van der Waals surface area (Å²) in [7, 11) is 0. The third kappa shape index (κ3) is 2.66. The van der Waals surface area contributed by atoms with Crippen molar-refractivity contribution < 1.29 is 4.79 Å². The van der Waals surface area contributed by atoms with E-state index in [2.05, 4.69) is 0 Å². The highest BCUT2D eigenvalue weighted by atomic mass is 35.5. The molecule has 0 heterocycles. The average molecular weight is 422 g/mol. The van der Waals surface area contributed by atoms with Gasteiger partial charge in [0.25, 0.3) is 0 Å². The molecule has 0 unspecified atom stereocenters. The molecular weight excluding hydrogens is 410 g/mol. The first-order valence-corrected chi connectivity index (χ1v) is 9.48. The second kappa shape index (κ2) is 6.58. The second-order valence-electron chi connectivity index (χ2n) is 6.31. The second-order valence-corrected chi connectivity index (χ2v) is 7.94. The first-order chi connectivity index (χ1) is 12.4. The van der Waals surface area contributed by atoms with E-state index in [-0.39, 0.29) is 5.78 Å². The molecule has 1 nitrogen and oxygen atoms in total. The van der Waals surface area contributed by atoms with Crippen molar-refractivity contribution in [2.45, 2.75) is 11.8 Å². The Hall–Kier alpha value is -1.51. The van der Waals surface area contributed by atoms with Crippen LogP contribution in [0.5, 0.6) is 0 Å². The lowest BCUT2D eigenvalue weighted by Gasteiger charge is -2.32. The van der Waals surface area contributed by atoms with Crippen LogP contribution in [0, 0.1) is 0 Å². The third-order valence-electron chi connectivity index (χ3n) is 4.94. The number of halogens is 4. The van der Waals surface area contributed by atoms with Gasteiger partial charge in [-0.05, 0) is 41.0 Å². The number of ketones is 1. The fourth-order valence-corrected chi connectivity index (χ4v) is 4.33. The number of hydrogen-bond donors (Lipinski definition) is 0. The summed E-state index contributed by atoms with van der Waals surface area (Å²) >= 11 is 24.8. The van der Waals surface area contributed by atoms with Gasteiger partial charge in [0.05, 0.1) is 25.5 Å². The monoisotopic (exact) mass is 420 g/mol. The molecule has 5 heteroatoms. The molecule has 0 saturated carbocycles. The molecule has 1 aliphatic rings. The molecule has 0 atom stereocenters. The molecule has 0 aliphatic heterocycles. The zero-order chi connectivity index (χ0) is 18.5. The van der Waals surface area contributed by atoms with Crippen LogP contribution in [0.3, 0.4) is 0 Å². The Balaban J connectivity index is 2.07. The molecule has 0 spiro atoms. The third-order valence-corrected chi connectivity index (χ3v) is 6.42. The van der Waals surface area contributed by atoms with Crippen LogP contribution in [0.1, 0.15) is 33.5 Å². The van der Waals surface area contributed by atoms with Crippen LogP contribution >= 0.6 is 46.4 Å². The molecule has 0 aromatic heterocycles. The highest BCUT2D eigenvalue weighted by Crippen LogP contribution is 2.50. The lowest BCUT2D eigenvalue weighted by molar-refractivity contribution is 0.0984. The van der Waals surface area contributed by atoms with Crippen LogP contribution < -0.4 is 0 Å². The summed E-state index contributed by atoms with van der Waals surface area (Å²) in [4.78, 5) is 12.8. The van der Waals surface area contributed by atoms with E-state index in [0.29, 0.717) is 32.1 Å². The normalized spacial score (nSPS) is 15.2. The molecule has 4 rings (SSSR count). The predicted octanol–water partition coefficient (Wildman–Crippen LogP) is 7.22. The molecule has 0 amide bonds. The zero-order valence-electron chi connectivity index (χ0n) is 13.4. The number of fused-ring (bicyclic) bond motifs is 1. The lowest BCUT2D eigenvalue weighted by Crippen LogP contribution is -2.27. The lowest BCUT2D eigenvalue weighted by atomic mass is 9.70. The van der Waals surface area contributed by atoms with E-state index in [4.69, 9.17) is 46.4 Å². The van der Waals surface area contributed by atoms with Gasteiger partial charge in [0.1, 0.15) is 0 Å². The number of Topliss-reactive ketones (excluding diaryl/α,β-unsaturated/α-hetero) is 1. The van der Waals surface area contributed by atoms with E-state index in [1.54, 1.807) is 12.1 Å². The molecule has 3 aromatic rings. The van der Waals surface area contributed by atoms with Gasteiger partial charge in [0.2, 0.25) is 0 Å². The van der Waals surface area contributed by atoms with Crippen LogP contribution in [0.4, 0.5) is 0 Å². The van der Waals surface area contributed by atoms with Crippen molar-refractivity contribution in [1.82, 2.24) is 0 Å². The van der Waals surface area contributed by atoms with E-state index >= 15 is 0 Å². The SMILES string of the molecule is O=C1CC(c2ccc(Cl)c(Cl)c2)(c2ccc(Cl)c(Cl)c2)c2ccccc21. The molecule has 0 radical (unpaired) electrons. The maximum atomic E-state index is 12.8. The highest BCUT2D eigenvalue weighted by molar-refractivity contribution is 6.42. The maximum absolute atomic E-state index is 12.8. The van der Waals surface area contributed by atoms with Gasteiger partial charge in [-0.25, -0.2) is 0 Å². The Morgan fingerprint density at radius 3 is 1.77 bits per heavy atom. The quantitative estimate of drug-likeness (QED) is 0.426. The Kier molecular flexibility index (Phi) is 4.53. The van der Waals surface area contributed by atoms with Crippen molar-refractivity contribution in [2.75, 3.05) is 0 Å². The Bertz CT molecular complexity index is 990. The largest absolute Gasteiger partial charge is 0.294 e. The average Bonchev–Trinajstić information content (AvgIpc) is 2.94. The standard InChI is InChI=1S/C21H12Cl4O/c22-16-7-5-12(9-18(16)24)21(13-6-8-17(23)19(25)10-13)11-20(26)14-3-1-2-4-15(14)21/h1-10H,11H2. The molecule has 0 bridgehead atoms. The van der Waals surface area contributed by atoms with Crippen LogP contribution in [0.15, 0.2) is 60.7 Å². The van der Waals surface area contributed by atoms with Crippen LogP contribution in [0.25, 0.3) is 0 Å². The van der Waals surface area contributed by atoms with Crippen molar-refractivity contribution in [1.29, 1.82) is 0 Å². The maximum Gasteiger partial charge on any atom is 0.164 e. The van der Waals surface area contributed by atoms with Crippen molar-refractivity contribution in [3.05, 3.63) is 103 Å². The van der Waals surface area contributed by atoms with E-state index in [9.17, 15) is 4.79 Å². The van der Waals surface area contributed by atoms with Gasteiger partial charge >= 0.3 is 0 Å². The zero-order valence-corrected chi connectivity index (χ0v) is 16.4. The number of benzene rings is 3. The molecule has 130 valence electrons. The molecular formula is C21H12Cl4O. The number of rotatable bonds is 2. The predicted molar refractivity (Wildman–Crippen MR) is 108 cm³/mol. The van der Waals surface area contributed by atoms with Gasteiger partial charge in [-0.15, -0.1) is 0 Å². The minimum Gasteiger partial charge on any atom is -0.294 e. The molecule has 1 aliphatic carbocycles. The van der Waals surface area contributed by atoms with Crippen molar-refractivity contribution >= 4 is 52.2 Å². The van der Waals surface area contributed by atoms with Gasteiger partial charge in [-0.3, -0.25) is 4.79 Å². The van der Waals surface area contributed by atoms with Gasteiger partial charge in [-0.1, -0.05) is 82.8 Å². The minimum atomic E-state index is -0.684. The summed E-state index contributed by atoms with van der Waals surface area (Å²) in [5.74, 6) is 0.0812. The first kappa shape index (κ1) is 17.9. The Morgan fingerprint density at radius 2 is 1.23 bits per heavy atom. The van der Waals surface area contributed by atoms with Crippen LogP contribution in [0.2, 0.25) is 20.1 Å². The smallest absolute Gasteiger partial charge is 0.164 e. The number of carbonyl (C=O) groups is 1. The Labute approximate surface area is 171 Å². The summed E-state index contributed by atoms with van der Waals surface area (Å²) < 4.78 is 0. The Morgan fingerprint density at radius 1 is 0.692 bits per heavy atom. The number of carbonyl (C=O) groups excluding carboxylic acids is 1. The summed E-state index contributed by atoms with van der Waals surface area (Å²) in [6.45, 7) is 0. The first-order valence-electron chi connectivity index (χ1n) is 7.97. The van der Waals surface area contributed by atoms with E-state index in [0.717, 1.165) is 16.7 Å². The fourth-order valence-electron chi connectivity index (χ4n) is 3.73. The van der Waals surface area contributed by atoms with Crippen LogP contribution in [-0.4, -0.2) is 5.78 Å². The summed E-state index contributed by atoms with van der Waals surface area (Å²) in [5.41, 5.74) is 2.74. The van der Waals surface area contributed by atoms with Gasteiger partial charge < -0.3 is 0 Å². The van der Waals surface area contributed by atoms with E-state index < -0.39 is 5.41 Å². The topological polar surface area (TPSA) is 17.1 Å². The summed E-state index contributed by atoms with van der Waals surface area (Å²) in [6, 6.07) is 18.6. The van der Waals surface area contributed by atoms with Crippen molar-refractivity contribution in [2.24, 2.45) is 0 Å². The molecule has 0 fully saturated rings. The van der Waals surface area contributed by atoms with Gasteiger partial charge in [-0.2, -0.15) is 0 Å². The van der Waals surface area contributed by atoms with Crippen molar-refractivity contribution in [3.63, 3.8) is 0 Å². The molecule has 3 aromatic carbocycles. The highest BCUT2D eigenvalue weighted by Gasteiger charge is 2.46. The van der Waals surface area contributed by atoms with Gasteiger partial charge in [0.15, 0.2) is 5.78 Å². The summed E-state index contributed by atoms with van der Waals surface area (Å²) in [6.07, 6.45) is 0.294. The molecule has 26 heavy (non-hydrogen) atoms.